The van der Waals surface area contributed by atoms with Crippen LogP contribution < -0.4 is 5.32 Å². The fourth-order valence-electron chi connectivity index (χ4n) is 3.63. The molecule has 1 N–H and O–H groups in total. The Labute approximate surface area is 155 Å². The van der Waals surface area contributed by atoms with Crippen molar-refractivity contribution < 1.29 is 9.59 Å². The Morgan fingerprint density at radius 3 is 2.76 bits per heavy atom. The minimum atomic E-state index is -0.473. The maximum Gasteiger partial charge on any atom is 0.248 e. The molecule has 2 aromatic carbocycles. The Morgan fingerprint density at radius 2 is 2.00 bits per heavy atom. The third-order valence-electron chi connectivity index (χ3n) is 4.75. The number of fused-ring (bicyclic) bond motifs is 1. The Balaban J connectivity index is 1.62. The molecule has 0 unspecified atom stereocenters. The number of halogens is 1. The number of thioether (sulfide) groups is 1. The number of anilines is 1. The lowest BCUT2D eigenvalue weighted by Crippen LogP contribution is -2.48. The van der Waals surface area contributed by atoms with E-state index >= 15 is 0 Å². The van der Waals surface area contributed by atoms with E-state index in [-0.39, 0.29) is 11.8 Å². The molecule has 2 atom stereocenters. The number of benzene rings is 2. The van der Waals surface area contributed by atoms with Crippen LogP contribution in [0, 0.1) is 0 Å². The Bertz CT molecular complexity index is 829. The van der Waals surface area contributed by atoms with Crippen molar-refractivity contribution in [2.75, 3.05) is 11.1 Å². The van der Waals surface area contributed by atoms with Crippen LogP contribution in [0.3, 0.4) is 0 Å². The van der Waals surface area contributed by atoms with E-state index in [2.05, 4.69) is 5.32 Å². The first-order valence-electron chi connectivity index (χ1n) is 8.18. The standard InChI is InChI=1S/C19H17ClN2O2S/c20-14-7-4-8-15(11-14)21-18(24)16-12-25-19(10-9-17(23)22(16)19)13-5-2-1-3-6-13/h1-8,11,16H,9-10,12H2,(H,21,24)/t16-,19+/m1/s1. The lowest BCUT2D eigenvalue weighted by molar-refractivity contribution is -0.136. The third kappa shape index (κ3) is 2.81. The number of amides is 2. The summed E-state index contributed by atoms with van der Waals surface area (Å²) in [4.78, 5) is 26.8. The van der Waals surface area contributed by atoms with E-state index in [1.807, 2.05) is 30.3 Å². The van der Waals surface area contributed by atoms with Crippen LogP contribution in [0.5, 0.6) is 0 Å². The highest BCUT2D eigenvalue weighted by Gasteiger charge is 2.56. The molecule has 4 rings (SSSR count). The zero-order valence-corrected chi connectivity index (χ0v) is 15.0. The summed E-state index contributed by atoms with van der Waals surface area (Å²) in [5.74, 6) is 0.468. The van der Waals surface area contributed by atoms with Gasteiger partial charge in [0.25, 0.3) is 0 Å². The molecule has 0 saturated carbocycles. The van der Waals surface area contributed by atoms with Gasteiger partial charge >= 0.3 is 0 Å². The SMILES string of the molecule is O=C(Nc1cccc(Cl)c1)[C@H]1CS[C@]2(c3ccccc3)CCC(=O)N12. The Kier molecular flexibility index (Phi) is 4.21. The van der Waals surface area contributed by atoms with E-state index in [0.29, 0.717) is 22.9 Å². The van der Waals surface area contributed by atoms with Gasteiger partial charge in [-0.25, -0.2) is 0 Å². The van der Waals surface area contributed by atoms with Crippen molar-refractivity contribution in [3.63, 3.8) is 0 Å². The van der Waals surface area contributed by atoms with Crippen molar-refractivity contribution in [1.82, 2.24) is 4.90 Å². The van der Waals surface area contributed by atoms with Crippen LogP contribution in [0.25, 0.3) is 0 Å². The van der Waals surface area contributed by atoms with Crippen LogP contribution in [0.4, 0.5) is 5.69 Å². The molecule has 2 fully saturated rings. The van der Waals surface area contributed by atoms with Crippen LogP contribution in [-0.4, -0.2) is 28.5 Å². The van der Waals surface area contributed by atoms with E-state index in [1.165, 1.54) is 0 Å². The monoisotopic (exact) mass is 372 g/mol. The van der Waals surface area contributed by atoms with Crippen LogP contribution in [0.2, 0.25) is 5.02 Å². The Morgan fingerprint density at radius 1 is 1.20 bits per heavy atom. The highest BCUT2D eigenvalue weighted by atomic mass is 35.5. The molecule has 0 spiro atoms. The highest BCUT2D eigenvalue weighted by Crippen LogP contribution is 2.54. The molecular formula is C19H17ClN2O2S. The van der Waals surface area contributed by atoms with Gasteiger partial charge in [-0.2, -0.15) is 0 Å². The minimum absolute atomic E-state index is 0.0418. The highest BCUT2D eigenvalue weighted by molar-refractivity contribution is 8.00. The average Bonchev–Trinajstić information content (AvgIpc) is 3.15. The van der Waals surface area contributed by atoms with E-state index in [4.69, 9.17) is 11.6 Å². The maximum atomic E-state index is 12.8. The molecule has 2 saturated heterocycles. The maximum absolute atomic E-state index is 12.8. The van der Waals surface area contributed by atoms with Crippen LogP contribution in [-0.2, 0) is 14.5 Å². The van der Waals surface area contributed by atoms with Gasteiger partial charge in [0.2, 0.25) is 11.8 Å². The van der Waals surface area contributed by atoms with Crippen molar-refractivity contribution >= 4 is 40.9 Å². The molecule has 0 bridgehead atoms. The van der Waals surface area contributed by atoms with Crippen LogP contribution in [0.15, 0.2) is 54.6 Å². The van der Waals surface area contributed by atoms with E-state index in [1.54, 1.807) is 40.9 Å². The van der Waals surface area contributed by atoms with E-state index in [9.17, 15) is 9.59 Å². The summed E-state index contributed by atoms with van der Waals surface area (Å²) in [5.41, 5.74) is 1.73. The van der Waals surface area contributed by atoms with Gasteiger partial charge in [0.15, 0.2) is 0 Å². The van der Waals surface area contributed by atoms with Gasteiger partial charge < -0.3 is 10.2 Å². The minimum Gasteiger partial charge on any atom is -0.324 e. The van der Waals surface area contributed by atoms with Gasteiger partial charge in [0, 0.05) is 22.9 Å². The number of carbonyl (C=O) groups excluding carboxylic acids is 2. The van der Waals surface area contributed by atoms with Crippen molar-refractivity contribution in [2.45, 2.75) is 23.8 Å². The van der Waals surface area contributed by atoms with E-state index < -0.39 is 10.9 Å². The fourth-order valence-corrected chi connectivity index (χ4v) is 5.47. The van der Waals surface area contributed by atoms with Crippen molar-refractivity contribution in [3.8, 4) is 0 Å². The topological polar surface area (TPSA) is 49.4 Å². The normalized spacial score (nSPS) is 25.1. The van der Waals surface area contributed by atoms with Crippen LogP contribution in [0.1, 0.15) is 18.4 Å². The molecule has 6 heteroatoms. The number of carbonyl (C=O) groups is 2. The first kappa shape index (κ1) is 16.5. The van der Waals surface area contributed by atoms with Gasteiger partial charge in [-0.15, -0.1) is 11.8 Å². The molecule has 0 radical (unpaired) electrons. The molecule has 0 aromatic heterocycles. The first-order chi connectivity index (χ1) is 12.1. The van der Waals surface area contributed by atoms with Gasteiger partial charge in [0.1, 0.15) is 10.9 Å². The van der Waals surface area contributed by atoms with Crippen molar-refractivity contribution in [1.29, 1.82) is 0 Å². The fraction of sp³-hybridized carbons (Fsp3) is 0.263. The number of nitrogens with zero attached hydrogens (tertiary/aromatic N) is 1. The summed E-state index contributed by atoms with van der Waals surface area (Å²) in [7, 11) is 0. The number of hydrogen-bond donors (Lipinski definition) is 1. The largest absolute Gasteiger partial charge is 0.324 e. The average molecular weight is 373 g/mol. The molecule has 2 aliphatic heterocycles. The predicted octanol–water partition coefficient (Wildman–Crippen LogP) is 3.87. The number of nitrogens with one attached hydrogen (secondary N) is 1. The molecule has 0 aliphatic carbocycles. The zero-order chi connectivity index (χ0) is 17.4. The first-order valence-corrected chi connectivity index (χ1v) is 9.55. The molecular weight excluding hydrogens is 356 g/mol. The molecule has 2 amide bonds. The summed E-state index contributed by atoms with van der Waals surface area (Å²) in [5, 5.41) is 3.46. The molecule has 128 valence electrons. The second kappa shape index (κ2) is 6.39. The van der Waals surface area contributed by atoms with Gasteiger partial charge in [-0.05, 0) is 30.2 Å². The smallest absolute Gasteiger partial charge is 0.248 e. The van der Waals surface area contributed by atoms with E-state index in [0.717, 1.165) is 12.0 Å². The molecule has 2 aromatic rings. The summed E-state index contributed by atoms with van der Waals surface area (Å²) in [6.07, 6.45) is 1.21. The lowest BCUT2D eigenvalue weighted by Gasteiger charge is -2.34. The summed E-state index contributed by atoms with van der Waals surface area (Å²) >= 11 is 7.67. The van der Waals surface area contributed by atoms with Crippen molar-refractivity contribution in [2.24, 2.45) is 0 Å². The number of rotatable bonds is 3. The zero-order valence-electron chi connectivity index (χ0n) is 13.4. The summed E-state index contributed by atoms with van der Waals surface area (Å²) in [6.45, 7) is 0. The summed E-state index contributed by atoms with van der Waals surface area (Å²) in [6, 6.07) is 16.6. The molecule has 2 aliphatic rings. The molecule has 4 nitrogen and oxygen atoms in total. The van der Waals surface area contributed by atoms with Gasteiger partial charge in [0.05, 0.1) is 0 Å². The third-order valence-corrected chi connectivity index (χ3v) is 6.58. The quantitative estimate of drug-likeness (QED) is 0.889. The molecule has 2 heterocycles. The van der Waals surface area contributed by atoms with Gasteiger partial charge in [-0.1, -0.05) is 48.0 Å². The second-order valence-corrected chi connectivity index (χ2v) is 7.97. The van der Waals surface area contributed by atoms with Crippen molar-refractivity contribution in [3.05, 3.63) is 65.2 Å². The second-order valence-electron chi connectivity index (χ2n) is 6.24. The molecule has 25 heavy (non-hydrogen) atoms. The number of hydrogen-bond acceptors (Lipinski definition) is 3. The predicted molar refractivity (Wildman–Crippen MR) is 101 cm³/mol. The van der Waals surface area contributed by atoms with Crippen LogP contribution >= 0.6 is 23.4 Å². The lowest BCUT2D eigenvalue weighted by atomic mass is 10.0. The Hall–Kier alpha value is -1.98. The van der Waals surface area contributed by atoms with Gasteiger partial charge in [-0.3, -0.25) is 9.59 Å². The summed E-state index contributed by atoms with van der Waals surface area (Å²) < 4.78 is 0.